The second kappa shape index (κ2) is 5.10. The number of hydrogen-bond donors (Lipinski definition) is 1. The van der Waals surface area contributed by atoms with Gasteiger partial charge in [-0.3, -0.25) is 0 Å². The molecule has 2 rings (SSSR count). The van der Waals surface area contributed by atoms with Crippen molar-refractivity contribution in [2.75, 3.05) is 0 Å². The van der Waals surface area contributed by atoms with Crippen molar-refractivity contribution in [2.24, 2.45) is 0 Å². The Morgan fingerprint density at radius 3 is 2.73 bits per heavy atom. The van der Waals surface area contributed by atoms with E-state index in [4.69, 9.17) is 0 Å². The average molecular weight is 368 g/mol. The van der Waals surface area contributed by atoms with E-state index in [0.29, 0.717) is 6.42 Å². The van der Waals surface area contributed by atoms with Gasteiger partial charge in [0.25, 0.3) is 0 Å². The van der Waals surface area contributed by atoms with E-state index in [9.17, 15) is 5.11 Å². The monoisotopic (exact) mass is 366 g/mol. The lowest BCUT2D eigenvalue weighted by atomic mass is 10.1. The van der Waals surface area contributed by atoms with Gasteiger partial charge < -0.3 is 5.11 Å². The summed E-state index contributed by atoms with van der Waals surface area (Å²) in [5.41, 5.74) is 2.14. The van der Waals surface area contributed by atoms with Crippen LogP contribution in [-0.4, -0.2) is 5.11 Å². The van der Waals surface area contributed by atoms with Crippen LogP contribution in [0.15, 0.2) is 30.5 Å². The first-order chi connectivity index (χ1) is 7.16. The Hall–Kier alpha value is 0.320. The molecule has 0 saturated heterocycles. The van der Waals surface area contributed by atoms with Crippen molar-refractivity contribution in [1.29, 1.82) is 0 Å². The van der Waals surface area contributed by atoms with Crippen LogP contribution in [0.5, 0.6) is 0 Å². The van der Waals surface area contributed by atoms with Crippen molar-refractivity contribution in [1.82, 2.24) is 0 Å². The van der Waals surface area contributed by atoms with Gasteiger partial charge in [0.1, 0.15) is 0 Å². The molecule has 0 spiro atoms. The van der Waals surface area contributed by atoms with Gasteiger partial charge in [-0.05, 0) is 60.3 Å². The van der Waals surface area contributed by atoms with Crippen LogP contribution >= 0.6 is 54.5 Å². The summed E-state index contributed by atoms with van der Waals surface area (Å²) in [6.45, 7) is 0. The summed E-state index contributed by atoms with van der Waals surface area (Å²) in [4.78, 5) is 0. The zero-order valence-electron chi connectivity index (χ0n) is 7.61. The van der Waals surface area contributed by atoms with Crippen LogP contribution in [0.3, 0.4) is 0 Å². The van der Waals surface area contributed by atoms with Gasteiger partial charge in [-0.25, -0.2) is 0 Å². The molecule has 1 nitrogen and oxygen atoms in total. The summed E-state index contributed by atoms with van der Waals surface area (Å²) in [5, 5.41) is 14.1. The molecule has 1 N–H and O–H groups in total. The molecule has 1 unspecified atom stereocenters. The molecule has 0 aliphatic rings. The topological polar surface area (TPSA) is 20.2 Å². The molecule has 5 heteroatoms. The van der Waals surface area contributed by atoms with Crippen molar-refractivity contribution in [2.45, 2.75) is 12.5 Å². The van der Waals surface area contributed by atoms with E-state index in [1.54, 1.807) is 22.7 Å². The second-order valence-electron chi connectivity index (χ2n) is 3.13. The fourth-order valence-electron chi connectivity index (χ4n) is 1.32. The molecule has 0 aliphatic heterocycles. The lowest BCUT2D eigenvalue weighted by molar-refractivity contribution is 0.178. The molecule has 0 saturated carbocycles. The molecule has 0 aromatic carbocycles. The van der Waals surface area contributed by atoms with E-state index in [1.165, 1.54) is 5.56 Å². The fraction of sp³-hybridized carbons (Fsp3) is 0.200. The molecular formula is C10H8Br2OS2. The Kier molecular flexibility index (Phi) is 4.01. The minimum atomic E-state index is -0.434. The van der Waals surface area contributed by atoms with Crippen LogP contribution in [0.2, 0.25) is 0 Å². The first-order valence-electron chi connectivity index (χ1n) is 4.30. The van der Waals surface area contributed by atoms with E-state index in [0.717, 1.165) is 13.1 Å². The molecule has 15 heavy (non-hydrogen) atoms. The summed E-state index contributed by atoms with van der Waals surface area (Å²) in [7, 11) is 0. The predicted molar refractivity (Wildman–Crippen MR) is 72.7 cm³/mol. The standard InChI is InChI=1S/C10H8Br2OS2/c11-9-4-7(10(12)15-9)8(13)3-6-1-2-14-5-6/h1-2,4-5,8,13H,3H2. The second-order valence-corrected chi connectivity index (χ2v) is 7.66. The van der Waals surface area contributed by atoms with Gasteiger partial charge in [-0.1, -0.05) is 0 Å². The highest BCUT2D eigenvalue weighted by Crippen LogP contribution is 2.36. The van der Waals surface area contributed by atoms with Gasteiger partial charge >= 0.3 is 0 Å². The molecule has 0 radical (unpaired) electrons. The summed E-state index contributed by atoms with van der Waals surface area (Å²) >= 11 is 10.1. The fourth-order valence-corrected chi connectivity index (χ4v) is 4.96. The summed E-state index contributed by atoms with van der Waals surface area (Å²) < 4.78 is 2.03. The third kappa shape index (κ3) is 2.91. The SMILES string of the molecule is OC(Cc1ccsc1)c1cc(Br)sc1Br. The number of rotatable bonds is 3. The molecule has 1 atom stereocenters. The summed E-state index contributed by atoms with van der Waals surface area (Å²) in [5.74, 6) is 0. The van der Waals surface area contributed by atoms with E-state index in [1.807, 2.05) is 17.5 Å². The van der Waals surface area contributed by atoms with Gasteiger partial charge in [-0.2, -0.15) is 11.3 Å². The zero-order chi connectivity index (χ0) is 10.8. The molecule has 2 aromatic heterocycles. The van der Waals surface area contributed by atoms with Crippen LogP contribution < -0.4 is 0 Å². The highest BCUT2D eigenvalue weighted by Gasteiger charge is 2.15. The Labute approximate surface area is 113 Å². The molecular weight excluding hydrogens is 360 g/mol. The lowest BCUT2D eigenvalue weighted by Crippen LogP contribution is -1.99. The molecule has 2 aromatic rings. The maximum Gasteiger partial charge on any atom is 0.0850 e. The van der Waals surface area contributed by atoms with Gasteiger partial charge in [0, 0.05) is 12.0 Å². The summed E-state index contributed by atoms with van der Waals surface area (Å²) in [6, 6.07) is 4.01. The number of thiophene rings is 2. The Balaban J connectivity index is 2.14. The lowest BCUT2D eigenvalue weighted by Gasteiger charge is -2.07. The number of halogens is 2. The largest absolute Gasteiger partial charge is 0.388 e. The summed E-state index contributed by atoms with van der Waals surface area (Å²) in [6.07, 6.45) is 0.238. The minimum Gasteiger partial charge on any atom is -0.388 e. The Morgan fingerprint density at radius 2 is 2.20 bits per heavy atom. The van der Waals surface area contributed by atoms with E-state index in [2.05, 4.69) is 37.2 Å². The smallest absolute Gasteiger partial charge is 0.0850 e. The van der Waals surface area contributed by atoms with Crippen LogP contribution in [0.1, 0.15) is 17.2 Å². The molecule has 0 fully saturated rings. The number of aliphatic hydroxyl groups is 1. The highest BCUT2D eigenvalue weighted by atomic mass is 79.9. The van der Waals surface area contributed by atoms with Gasteiger partial charge in [0.15, 0.2) is 0 Å². The minimum absolute atomic E-state index is 0.434. The van der Waals surface area contributed by atoms with Gasteiger partial charge in [0.2, 0.25) is 0 Å². The van der Waals surface area contributed by atoms with Crippen LogP contribution in [0, 0.1) is 0 Å². The highest BCUT2D eigenvalue weighted by molar-refractivity contribution is 9.12. The quantitative estimate of drug-likeness (QED) is 0.839. The number of aliphatic hydroxyl groups excluding tert-OH is 1. The van der Waals surface area contributed by atoms with Crippen molar-refractivity contribution in [3.63, 3.8) is 0 Å². The average Bonchev–Trinajstić information content (AvgIpc) is 2.75. The normalized spacial score (nSPS) is 13.0. The van der Waals surface area contributed by atoms with Crippen LogP contribution in [0.25, 0.3) is 0 Å². The Morgan fingerprint density at radius 1 is 1.40 bits per heavy atom. The van der Waals surface area contributed by atoms with E-state index in [-0.39, 0.29) is 0 Å². The Bertz CT molecular complexity index is 436. The van der Waals surface area contributed by atoms with Crippen LogP contribution in [-0.2, 0) is 6.42 Å². The molecule has 0 bridgehead atoms. The van der Waals surface area contributed by atoms with E-state index >= 15 is 0 Å². The van der Waals surface area contributed by atoms with Crippen molar-refractivity contribution < 1.29 is 5.11 Å². The van der Waals surface area contributed by atoms with Crippen molar-refractivity contribution in [3.05, 3.63) is 41.6 Å². The first kappa shape index (κ1) is 11.8. The third-order valence-corrected chi connectivity index (χ3v) is 5.17. The molecule has 2 heterocycles. The molecule has 0 aliphatic carbocycles. The maximum atomic E-state index is 10.0. The first-order valence-corrected chi connectivity index (χ1v) is 7.65. The van der Waals surface area contributed by atoms with E-state index < -0.39 is 6.10 Å². The number of hydrogen-bond acceptors (Lipinski definition) is 3. The molecule has 80 valence electrons. The van der Waals surface area contributed by atoms with Gasteiger partial charge in [0.05, 0.1) is 13.7 Å². The predicted octanol–water partition coefficient (Wildman–Crippen LogP) is 4.61. The van der Waals surface area contributed by atoms with Crippen LogP contribution in [0.4, 0.5) is 0 Å². The van der Waals surface area contributed by atoms with Crippen molar-refractivity contribution >= 4 is 54.5 Å². The third-order valence-electron chi connectivity index (χ3n) is 2.05. The molecule has 0 amide bonds. The maximum absolute atomic E-state index is 10.0. The van der Waals surface area contributed by atoms with Crippen molar-refractivity contribution in [3.8, 4) is 0 Å². The van der Waals surface area contributed by atoms with Gasteiger partial charge in [-0.15, -0.1) is 11.3 Å². The zero-order valence-corrected chi connectivity index (χ0v) is 12.4.